The lowest BCUT2D eigenvalue weighted by Crippen LogP contribution is -2.33. The third-order valence-electron chi connectivity index (χ3n) is 5.90. The summed E-state index contributed by atoms with van der Waals surface area (Å²) in [5, 5.41) is 2.78. The second kappa shape index (κ2) is 9.30. The Kier molecular flexibility index (Phi) is 6.48. The molecule has 2 N–H and O–H groups in total. The minimum Gasteiger partial charge on any atom is -0.495 e. The van der Waals surface area contributed by atoms with Crippen LogP contribution < -0.4 is 19.7 Å². The van der Waals surface area contributed by atoms with Crippen molar-refractivity contribution in [2.75, 3.05) is 23.9 Å². The molecule has 4 rings (SSSR count). The maximum Gasteiger partial charge on any atom is 0.255 e. The second-order valence-corrected chi connectivity index (χ2v) is 9.80. The van der Waals surface area contributed by atoms with E-state index in [0.717, 1.165) is 37.8 Å². The maximum atomic E-state index is 12.9. The number of nitrogens with zero attached hydrogens (tertiary/aromatic N) is 1. The quantitative estimate of drug-likeness (QED) is 0.664. The Bertz CT molecular complexity index is 1110. The van der Waals surface area contributed by atoms with Crippen LogP contribution in [0.4, 0.5) is 11.4 Å². The predicted molar refractivity (Wildman–Crippen MR) is 122 cm³/mol. The number of ether oxygens (including phenoxy) is 1. The largest absolute Gasteiger partial charge is 0.495 e. The zero-order valence-electron chi connectivity index (χ0n) is 18.0. The third-order valence-corrected chi connectivity index (χ3v) is 7.44. The van der Waals surface area contributed by atoms with Crippen molar-refractivity contribution in [2.24, 2.45) is 0 Å². The van der Waals surface area contributed by atoms with E-state index in [1.807, 2.05) is 0 Å². The first-order valence-electron chi connectivity index (χ1n) is 10.8. The molecule has 8 nitrogen and oxygen atoms in total. The number of carbonyl (C=O) groups is 2. The van der Waals surface area contributed by atoms with Crippen LogP contribution in [0.2, 0.25) is 0 Å². The minimum absolute atomic E-state index is 0.0533. The van der Waals surface area contributed by atoms with Gasteiger partial charge in [-0.25, -0.2) is 13.1 Å². The number of sulfonamides is 1. The number of anilines is 2. The van der Waals surface area contributed by atoms with Gasteiger partial charge in [-0.3, -0.25) is 9.59 Å². The molecule has 1 aliphatic carbocycles. The lowest BCUT2D eigenvalue weighted by Gasteiger charge is -2.17. The summed E-state index contributed by atoms with van der Waals surface area (Å²) in [4.78, 5) is 26.4. The highest BCUT2D eigenvalue weighted by molar-refractivity contribution is 7.89. The molecule has 1 saturated heterocycles. The number of methoxy groups -OCH3 is 1. The highest BCUT2D eigenvalue weighted by Crippen LogP contribution is 2.28. The average Bonchev–Trinajstić information content (AvgIpc) is 3.45. The first-order valence-corrected chi connectivity index (χ1v) is 12.3. The highest BCUT2D eigenvalue weighted by Gasteiger charge is 2.27. The molecule has 2 amide bonds. The molecule has 0 radical (unpaired) electrons. The summed E-state index contributed by atoms with van der Waals surface area (Å²) in [5.74, 6) is -0.151. The number of hydrogen-bond donors (Lipinski definition) is 2. The molecule has 0 unspecified atom stereocenters. The van der Waals surface area contributed by atoms with E-state index in [-0.39, 0.29) is 28.2 Å². The number of benzene rings is 2. The summed E-state index contributed by atoms with van der Waals surface area (Å²) in [6, 6.07) is 11.3. The van der Waals surface area contributed by atoms with Gasteiger partial charge in [0, 0.05) is 35.9 Å². The molecule has 2 aromatic carbocycles. The lowest BCUT2D eigenvalue weighted by atomic mass is 10.2. The summed E-state index contributed by atoms with van der Waals surface area (Å²) in [5.41, 5.74) is 1.55. The van der Waals surface area contributed by atoms with Gasteiger partial charge in [-0.05, 0) is 61.7 Å². The van der Waals surface area contributed by atoms with Gasteiger partial charge >= 0.3 is 0 Å². The molecule has 1 aliphatic heterocycles. The van der Waals surface area contributed by atoms with Gasteiger partial charge in [-0.15, -0.1) is 0 Å². The van der Waals surface area contributed by atoms with Crippen LogP contribution in [0.25, 0.3) is 0 Å². The number of nitrogens with one attached hydrogen (secondary N) is 2. The fourth-order valence-corrected chi connectivity index (χ4v) is 5.70. The Hall–Kier alpha value is -2.91. The number of hydrogen-bond acceptors (Lipinski definition) is 5. The van der Waals surface area contributed by atoms with Gasteiger partial charge < -0.3 is 15.0 Å². The van der Waals surface area contributed by atoms with E-state index >= 15 is 0 Å². The fourth-order valence-electron chi connectivity index (χ4n) is 4.20. The SMILES string of the molecule is COc1ccc(C(=O)Nc2ccc(N3CCCC3=O)cc2)cc1S(=O)(=O)NC1CCCC1. The third kappa shape index (κ3) is 4.78. The molecule has 0 atom stereocenters. The van der Waals surface area contributed by atoms with Gasteiger partial charge in [-0.2, -0.15) is 0 Å². The van der Waals surface area contributed by atoms with Crippen LogP contribution in [0.3, 0.4) is 0 Å². The molecule has 0 spiro atoms. The molecular formula is C23H27N3O5S. The fraction of sp³-hybridized carbons (Fsp3) is 0.391. The van der Waals surface area contributed by atoms with E-state index in [1.54, 1.807) is 29.2 Å². The molecule has 1 heterocycles. The second-order valence-electron chi connectivity index (χ2n) is 8.12. The standard InChI is InChI=1S/C23H27N3O5S/c1-31-20-13-8-16(15-21(20)32(29,30)25-18-5-2-3-6-18)23(28)24-17-9-11-19(12-10-17)26-14-4-7-22(26)27/h8-13,15,18,25H,2-7,14H2,1H3,(H,24,28). The lowest BCUT2D eigenvalue weighted by molar-refractivity contribution is -0.117. The summed E-state index contributed by atoms with van der Waals surface area (Å²) in [6.45, 7) is 0.697. The molecule has 170 valence electrons. The average molecular weight is 458 g/mol. The first-order chi connectivity index (χ1) is 15.4. The number of carbonyl (C=O) groups excluding carboxylic acids is 2. The van der Waals surface area contributed by atoms with Gasteiger partial charge in [0.25, 0.3) is 5.91 Å². The Balaban J connectivity index is 1.51. The van der Waals surface area contributed by atoms with Crippen LogP contribution in [0.15, 0.2) is 47.4 Å². The first kappa shape index (κ1) is 22.3. The maximum absolute atomic E-state index is 12.9. The molecule has 1 saturated carbocycles. The summed E-state index contributed by atoms with van der Waals surface area (Å²) >= 11 is 0. The van der Waals surface area contributed by atoms with Crippen molar-refractivity contribution >= 4 is 33.2 Å². The Morgan fingerprint density at radius 2 is 1.78 bits per heavy atom. The summed E-state index contributed by atoms with van der Waals surface area (Å²) in [6.07, 6.45) is 5.00. The smallest absolute Gasteiger partial charge is 0.255 e. The molecular weight excluding hydrogens is 430 g/mol. The Morgan fingerprint density at radius 1 is 1.06 bits per heavy atom. The van der Waals surface area contributed by atoms with Crippen molar-refractivity contribution in [1.82, 2.24) is 4.72 Å². The normalized spacial score (nSPS) is 17.0. The van der Waals surface area contributed by atoms with Crippen molar-refractivity contribution in [2.45, 2.75) is 49.5 Å². The van der Waals surface area contributed by atoms with Crippen molar-refractivity contribution in [3.63, 3.8) is 0 Å². The van der Waals surface area contributed by atoms with Crippen molar-refractivity contribution < 1.29 is 22.7 Å². The van der Waals surface area contributed by atoms with Gasteiger partial charge in [-0.1, -0.05) is 12.8 Å². The van der Waals surface area contributed by atoms with E-state index in [0.29, 0.717) is 18.7 Å². The van der Waals surface area contributed by atoms with Gasteiger partial charge in [0.15, 0.2) is 0 Å². The predicted octanol–water partition coefficient (Wildman–Crippen LogP) is 3.30. The van der Waals surface area contributed by atoms with Gasteiger partial charge in [0.2, 0.25) is 15.9 Å². The van der Waals surface area contributed by atoms with Crippen LogP contribution >= 0.6 is 0 Å². The number of rotatable bonds is 7. The van der Waals surface area contributed by atoms with Crippen LogP contribution in [-0.2, 0) is 14.8 Å². The van der Waals surface area contributed by atoms with Crippen LogP contribution in [0, 0.1) is 0 Å². The molecule has 0 bridgehead atoms. The topological polar surface area (TPSA) is 105 Å². The Labute approximate surface area is 188 Å². The van der Waals surface area contributed by atoms with Crippen molar-refractivity contribution in [3.8, 4) is 5.75 Å². The van der Waals surface area contributed by atoms with Crippen LogP contribution in [-0.4, -0.2) is 39.9 Å². The van der Waals surface area contributed by atoms with Crippen molar-refractivity contribution in [1.29, 1.82) is 0 Å². The molecule has 2 fully saturated rings. The monoisotopic (exact) mass is 457 g/mol. The Morgan fingerprint density at radius 3 is 2.41 bits per heavy atom. The number of amides is 2. The van der Waals surface area contributed by atoms with E-state index in [9.17, 15) is 18.0 Å². The zero-order chi connectivity index (χ0) is 22.7. The van der Waals surface area contributed by atoms with E-state index in [1.165, 1.54) is 25.3 Å². The molecule has 0 aromatic heterocycles. The van der Waals surface area contributed by atoms with Crippen LogP contribution in [0.5, 0.6) is 5.75 Å². The highest BCUT2D eigenvalue weighted by atomic mass is 32.2. The molecule has 2 aliphatic rings. The molecule has 9 heteroatoms. The molecule has 32 heavy (non-hydrogen) atoms. The van der Waals surface area contributed by atoms with Gasteiger partial charge in [0.05, 0.1) is 7.11 Å². The van der Waals surface area contributed by atoms with Crippen molar-refractivity contribution in [3.05, 3.63) is 48.0 Å². The summed E-state index contributed by atoms with van der Waals surface area (Å²) in [7, 11) is -2.43. The minimum atomic E-state index is -3.83. The van der Waals surface area contributed by atoms with E-state index in [2.05, 4.69) is 10.0 Å². The van der Waals surface area contributed by atoms with Crippen LogP contribution in [0.1, 0.15) is 48.9 Å². The van der Waals surface area contributed by atoms with Gasteiger partial charge in [0.1, 0.15) is 10.6 Å². The van der Waals surface area contributed by atoms with E-state index in [4.69, 9.17) is 4.74 Å². The van der Waals surface area contributed by atoms with E-state index < -0.39 is 15.9 Å². The zero-order valence-corrected chi connectivity index (χ0v) is 18.8. The molecule has 2 aromatic rings. The summed E-state index contributed by atoms with van der Waals surface area (Å²) < 4.78 is 33.8.